The molecule has 0 spiro atoms. The third-order valence-corrected chi connectivity index (χ3v) is 4.19. The van der Waals surface area contributed by atoms with E-state index in [1.165, 1.54) is 0 Å². The quantitative estimate of drug-likeness (QED) is 0.431. The van der Waals surface area contributed by atoms with Crippen LogP contribution in [0.2, 0.25) is 0 Å². The molecule has 0 aromatic heterocycles. The smallest absolute Gasteiger partial charge is 0.252 e. The first-order valence-electron chi connectivity index (χ1n) is 6.81. The van der Waals surface area contributed by atoms with Crippen LogP contribution in [-0.4, -0.2) is 58.4 Å². The zero-order valence-electron chi connectivity index (χ0n) is 12.4. The van der Waals surface area contributed by atoms with E-state index in [1.54, 1.807) is 0 Å². The van der Waals surface area contributed by atoms with Gasteiger partial charge in [0.25, 0.3) is 5.91 Å². The Bertz CT molecular complexity index is 348. The van der Waals surface area contributed by atoms with Crippen molar-refractivity contribution in [2.75, 3.05) is 6.54 Å². The Balaban J connectivity index is 2.64. The largest absolute Gasteiger partial charge is 0.387 e. The van der Waals surface area contributed by atoms with Crippen LogP contribution in [0.15, 0.2) is 0 Å². The summed E-state index contributed by atoms with van der Waals surface area (Å²) < 4.78 is 5.07. The summed E-state index contributed by atoms with van der Waals surface area (Å²) in [6, 6.07) is 0. The second kappa shape index (κ2) is 6.36. The van der Waals surface area contributed by atoms with Gasteiger partial charge in [0.15, 0.2) is 6.10 Å². The van der Waals surface area contributed by atoms with Gasteiger partial charge in [0, 0.05) is 6.54 Å². The van der Waals surface area contributed by atoms with Crippen LogP contribution < -0.4 is 11.1 Å². The van der Waals surface area contributed by atoms with E-state index in [4.69, 9.17) is 10.5 Å². The fourth-order valence-electron chi connectivity index (χ4n) is 1.74. The lowest BCUT2D eigenvalue weighted by Crippen LogP contribution is -2.64. The van der Waals surface area contributed by atoms with Crippen LogP contribution in [0.25, 0.3) is 0 Å². The fraction of sp³-hybridized carbons (Fsp3) is 0.923. The normalized spacial score (nSPS) is 35.1. The first kappa shape index (κ1) is 17.3. The molecule has 0 bridgehead atoms. The van der Waals surface area contributed by atoms with Gasteiger partial charge in [-0.25, -0.2) is 0 Å². The predicted molar refractivity (Wildman–Crippen MR) is 72.5 cm³/mol. The van der Waals surface area contributed by atoms with Crippen molar-refractivity contribution >= 4 is 5.91 Å². The molecule has 0 saturated carbocycles. The molecule has 0 aromatic rings. The van der Waals surface area contributed by atoms with Crippen LogP contribution in [0.4, 0.5) is 0 Å². The molecule has 7 heteroatoms. The topological polar surface area (TPSA) is 125 Å². The molecule has 6 N–H and O–H groups in total. The third kappa shape index (κ3) is 3.67. The Kier molecular flexibility index (Phi) is 5.51. The van der Waals surface area contributed by atoms with Gasteiger partial charge in [0.1, 0.15) is 24.5 Å². The highest BCUT2D eigenvalue weighted by atomic mass is 16.5. The van der Waals surface area contributed by atoms with Gasteiger partial charge in [-0.05, 0) is 11.3 Å². The molecule has 0 aromatic carbocycles. The minimum Gasteiger partial charge on any atom is -0.387 e. The second-order valence-electron chi connectivity index (χ2n) is 6.35. The molecule has 5 atom stereocenters. The highest BCUT2D eigenvalue weighted by molar-refractivity contribution is 5.81. The standard InChI is InChI=1S/C13H26N2O5/c1-6(2)13(3,4)5-15-12(19)10-8(17)7(16)9(18)11(14)20-10/h6-11,16-18H,5,14H2,1-4H3,(H,15,19). The lowest BCUT2D eigenvalue weighted by atomic mass is 9.81. The highest BCUT2D eigenvalue weighted by Gasteiger charge is 2.45. The molecule has 7 nitrogen and oxygen atoms in total. The Hall–Kier alpha value is -0.730. The lowest BCUT2D eigenvalue weighted by Gasteiger charge is -2.38. The predicted octanol–water partition coefficient (Wildman–Crippen LogP) is -1.45. The molecule has 0 radical (unpaired) electrons. The van der Waals surface area contributed by atoms with Crippen molar-refractivity contribution in [3.63, 3.8) is 0 Å². The van der Waals surface area contributed by atoms with Crippen molar-refractivity contribution in [2.45, 2.75) is 58.3 Å². The van der Waals surface area contributed by atoms with Crippen LogP contribution in [0.1, 0.15) is 27.7 Å². The Labute approximate surface area is 119 Å². The molecule has 1 saturated heterocycles. The number of nitrogens with two attached hydrogens (primary N) is 1. The summed E-state index contributed by atoms with van der Waals surface area (Å²) in [6.07, 6.45) is -6.92. The molecule has 1 amide bonds. The Morgan fingerprint density at radius 3 is 2.30 bits per heavy atom. The van der Waals surface area contributed by atoms with Crippen molar-refractivity contribution in [3.05, 3.63) is 0 Å². The second-order valence-corrected chi connectivity index (χ2v) is 6.35. The molecular formula is C13H26N2O5. The van der Waals surface area contributed by atoms with Gasteiger partial charge >= 0.3 is 0 Å². The van der Waals surface area contributed by atoms with Gasteiger partial charge in [-0.1, -0.05) is 27.7 Å². The number of carbonyl (C=O) groups excluding carboxylic acids is 1. The van der Waals surface area contributed by atoms with Crippen molar-refractivity contribution in [2.24, 2.45) is 17.1 Å². The molecule has 1 aliphatic heterocycles. The molecule has 1 fully saturated rings. The number of aliphatic hydroxyl groups is 3. The molecule has 20 heavy (non-hydrogen) atoms. The average molecular weight is 290 g/mol. The number of hydrogen-bond acceptors (Lipinski definition) is 6. The molecule has 0 aliphatic carbocycles. The molecule has 1 rings (SSSR count). The summed E-state index contributed by atoms with van der Waals surface area (Å²) >= 11 is 0. The fourth-order valence-corrected chi connectivity index (χ4v) is 1.74. The summed E-state index contributed by atoms with van der Waals surface area (Å²) in [5.74, 6) is -0.192. The van der Waals surface area contributed by atoms with Gasteiger partial charge in [0.2, 0.25) is 0 Å². The van der Waals surface area contributed by atoms with E-state index in [2.05, 4.69) is 5.32 Å². The molecule has 118 valence electrons. The number of rotatable bonds is 4. The third-order valence-electron chi connectivity index (χ3n) is 4.19. The number of carbonyl (C=O) groups is 1. The van der Waals surface area contributed by atoms with E-state index in [9.17, 15) is 20.1 Å². The molecule has 5 unspecified atom stereocenters. The first-order valence-corrected chi connectivity index (χ1v) is 6.81. The average Bonchev–Trinajstić information content (AvgIpc) is 2.37. The van der Waals surface area contributed by atoms with Gasteiger partial charge in [-0.2, -0.15) is 0 Å². The lowest BCUT2D eigenvalue weighted by molar-refractivity contribution is -0.219. The maximum absolute atomic E-state index is 12.0. The summed E-state index contributed by atoms with van der Waals surface area (Å²) in [4.78, 5) is 12.0. The SMILES string of the molecule is CC(C)C(C)(C)CNC(=O)C1OC(N)C(O)C(O)C1O. The van der Waals surface area contributed by atoms with Gasteiger partial charge in [-0.15, -0.1) is 0 Å². The number of aliphatic hydroxyl groups excluding tert-OH is 3. The van der Waals surface area contributed by atoms with Crippen LogP contribution in [0.3, 0.4) is 0 Å². The van der Waals surface area contributed by atoms with E-state index >= 15 is 0 Å². The Morgan fingerprint density at radius 1 is 1.25 bits per heavy atom. The highest BCUT2D eigenvalue weighted by Crippen LogP contribution is 2.25. The van der Waals surface area contributed by atoms with Crippen molar-refractivity contribution in [1.82, 2.24) is 5.32 Å². The van der Waals surface area contributed by atoms with E-state index in [-0.39, 0.29) is 5.41 Å². The van der Waals surface area contributed by atoms with E-state index in [1.807, 2.05) is 27.7 Å². The molecule has 1 heterocycles. The maximum Gasteiger partial charge on any atom is 0.252 e. The minimum absolute atomic E-state index is 0.116. The summed E-state index contributed by atoms with van der Waals surface area (Å²) in [5, 5.41) is 31.5. The zero-order valence-corrected chi connectivity index (χ0v) is 12.4. The van der Waals surface area contributed by atoms with E-state index in [0.29, 0.717) is 12.5 Å². The van der Waals surface area contributed by atoms with E-state index < -0.39 is 36.6 Å². The number of amides is 1. The van der Waals surface area contributed by atoms with Crippen molar-refractivity contribution in [1.29, 1.82) is 0 Å². The summed E-state index contributed by atoms with van der Waals surface area (Å²) in [7, 11) is 0. The molecular weight excluding hydrogens is 264 g/mol. The van der Waals surface area contributed by atoms with Crippen LogP contribution in [0, 0.1) is 11.3 Å². The van der Waals surface area contributed by atoms with Crippen LogP contribution >= 0.6 is 0 Å². The molecule has 1 aliphatic rings. The monoisotopic (exact) mass is 290 g/mol. The summed E-state index contributed by atoms with van der Waals surface area (Å²) in [6.45, 7) is 8.53. The van der Waals surface area contributed by atoms with Crippen molar-refractivity contribution < 1.29 is 24.9 Å². The van der Waals surface area contributed by atoms with Gasteiger partial charge in [0.05, 0.1) is 0 Å². The number of ether oxygens (including phenoxy) is 1. The summed E-state index contributed by atoms with van der Waals surface area (Å²) in [5.41, 5.74) is 5.35. The number of nitrogens with one attached hydrogen (secondary N) is 1. The van der Waals surface area contributed by atoms with E-state index in [0.717, 1.165) is 0 Å². The minimum atomic E-state index is -1.51. The number of hydrogen-bond donors (Lipinski definition) is 5. The van der Waals surface area contributed by atoms with Crippen LogP contribution in [-0.2, 0) is 9.53 Å². The zero-order chi connectivity index (χ0) is 15.7. The van der Waals surface area contributed by atoms with Crippen molar-refractivity contribution in [3.8, 4) is 0 Å². The maximum atomic E-state index is 12.0. The first-order chi connectivity index (χ1) is 9.08. The van der Waals surface area contributed by atoms with Gasteiger partial charge < -0.3 is 31.1 Å². The van der Waals surface area contributed by atoms with Crippen LogP contribution in [0.5, 0.6) is 0 Å². The Morgan fingerprint density at radius 2 is 1.80 bits per heavy atom. The van der Waals surface area contributed by atoms with Gasteiger partial charge in [-0.3, -0.25) is 4.79 Å².